The number of quaternary nitrogens is 1. The number of Topliss-reactive ketones (excluding diaryl/α,β-unsaturated/α-hetero) is 2. The molecule has 0 unspecified atom stereocenters. The van der Waals surface area contributed by atoms with E-state index in [1.165, 1.54) is 16.5 Å². The van der Waals surface area contributed by atoms with Gasteiger partial charge >= 0.3 is 0 Å². The Morgan fingerprint density at radius 1 is 1.00 bits per heavy atom. The van der Waals surface area contributed by atoms with Gasteiger partial charge in [0, 0.05) is 28.4 Å². The van der Waals surface area contributed by atoms with Crippen LogP contribution >= 0.6 is 0 Å². The minimum Gasteiger partial charge on any atom is -0.361 e. The number of aromatic amines is 2. The van der Waals surface area contributed by atoms with E-state index in [9.17, 15) is 9.59 Å². The molecule has 2 heterocycles. The summed E-state index contributed by atoms with van der Waals surface area (Å²) >= 11 is 0. The fourth-order valence-electron chi connectivity index (χ4n) is 4.71. The molecule has 2 aromatic heterocycles. The summed E-state index contributed by atoms with van der Waals surface area (Å²) < 4.78 is 0. The standard InChI is InChI=1S/C27H29N3O2/c1-16-25(19(4)31)17(2)30-26(16)27(32)18(3)28-14-22(20-10-6-5-7-11-20)23-15-29-24-13-9-8-12-21(23)24/h5-13,15,18,22,28-30H,14H2,1-4H3/p+1/t18-,22-/m1/s1. The minimum atomic E-state index is -0.275. The van der Waals surface area contributed by atoms with Crippen LogP contribution in [0.3, 0.4) is 0 Å². The van der Waals surface area contributed by atoms with Gasteiger partial charge in [-0.2, -0.15) is 0 Å². The lowest BCUT2D eigenvalue weighted by atomic mass is 9.90. The molecule has 5 nitrogen and oxygen atoms in total. The number of fused-ring (bicyclic) bond motifs is 1. The highest BCUT2D eigenvalue weighted by Gasteiger charge is 2.27. The average Bonchev–Trinajstić information content (AvgIpc) is 3.34. The van der Waals surface area contributed by atoms with Crippen molar-refractivity contribution in [2.24, 2.45) is 0 Å². The number of hydrogen-bond acceptors (Lipinski definition) is 2. The SMILES string of the molecule is CC(=O)c1c(C)[nH]c(C(=O)[C@@H](C)[NH2+]C[C@H](c2ccccc2)c2c[nH]c3ccccc23)c1C. The van der Waals surface area contributed by atoms with E-state index in [0.717, 1.165) is 23.3 Å². The van der Waals surface area contributed by atoms with E-state index < -0.39 is 0 Å². The van der Waals surface area contributed by atoms with E-state index >= 15 is 0 Å². The Labute approximate surface area is 188 Å². The van der Waals surface area contributed by atoms with Gasteiger partial charge in [-0.1, -0.05) is 48.5 Å². The van der Waals surface area contributed by atoms with Crippen LogP contribution in [0.5, 0.6) is 0 Å². The number of ketones is 2. The summed E-state index contributed by atoms with van der Waals surface area (Å²) in [6, 6.07) is 18.5. The summed E-state index contributed by atoms with van der Waals surface area (Å²) in [5, 5.41) is 3.31. The maximum absolute atomic E-state index is 13.2. The summed E-state index contributed by atoms with van der Waals surface area (Å²) in [7, 11) is 0. The molecule has 2 aromatic carbocycles. The molecule has 0 aliphatic carbocycles. The molecule has 0 spiro atoms. The van der Waals surface area contributed by atoms with E-state index in [1.807, 2.05) is 32.9 Å². The van der Waals surface area contributed by atoms with Crippen LogP contribution in [0.15, 0.2) is 60.8 Å². The van der Waals surface area contributed by atoms with Gasteiger partial charge in [0.1, 0.15) is 6.04 Å². The number of carbonyl (C=O) groups is 2. The molecule has 5 heteroatoms. The molecule has 164 valence electrons. The summed E-state index contributed by atoms with van der Waals surface area (Å²) in [6.45, 7) is 7.90. The molecular formula is C27H30N3O2+. The van der Waals surface area contributed by atoms with Gasteiger partial charge in [0.2, 0.25) is 5.78 Å². The summed E-state index contributed by atoms with van der Waals surface area (Å²) in [5.41, 5.74) is 6.23. The molecule has 4 aromatic rings. The predicted molar refractivity (Wildman–Crippen MR) is 127 cm³/mol. The largest absolute Gasteiger partial charge is 0.361 e. The van der Waals surface area contributed by atoms with Gasteiger partial charge in [0.05, 0.1) is 18.2 Å². The minimum absolute atomic E-state index is 0.0174. The van der Waals surface area contributed by atoms with E-state index in [-0.39, 0.29) is 23.5 Å². The van der Waals surface area contributed by atoms with Crippen molar-refractivity contribution < 1.29 is 14.9 Å². The first-order valence-electron chi connectivity index (χ1n) is 11.1. The molecule has 0 aliphatic heterocycles. The van der Waals surface area contributed by atoms with Crippen molar-refractivity contribution in [3.63, 3.8) is 0 Å². The van der Waals surface area contributed by atoms with Crippen LogP contribution in [0, 0.1) is 13.8 Å². The molecule has 4 rings (SSSR count). The van der Waals surface area contributed by atoms with Gasteiger partial charge in [-0.05, 0) is 50.5 Å². The van der Waals surface area contributed by atoms with Crippen molar-refractivity contribution >= 4 is 22.5 Å². The number of H-pyrrole nitrogens is 2. The monoisotopic (exact) mass is 428 g/mol. The number of para-hydroxylation sites is 1. The maximum Gasteiger partial charge on any atom is 0.235 e. The van der Waals surface area contributed by atoms with Crippen molar-refractivity contribution in [3.8, 4) is 0 Å². The topological polar surface area (TPSA) is 82.3 Å². The molecule has 4 N–H and O–H groups in total. The molecule has 0 fully saturated rings. The zero-order chi connectivity index (χ0) is 22.8. The molecule has 2 atom stereocenters. The van der Waals surface area contributed by atoms with Crippen molar-refractivity contribution in [1.82, 2.24) is 9.97 Å². The third-order valence-corrected chi connectivity index (χ3v) is 6.37. The fourth-order valence-corrected chi connectivity index (χ4v) is 4.71. The summed E-state index contributed by atoms with van der Waals surface area (Å²) in [5.74, 6) is 0.140. The smallest absolute Gasteiger partial charge is 0.235 e. The first-order chi connectivity index (χ1) is 15.4. The number of nitrogens with one attached hydrogen (secondary N) is 2. The second-order valence-corrected chi connectivity index (χ2v) is 8.56. The zero-order valence-corrected chi connectivity index (χ0v) is 19.0. The summed E-state index contributed by atoms with van der Waals surface area (Å²) in [6.07, 6.45) is 2.08. The molecular weight excluding hydrogens is 398 g/mol. The lowest BCUT2D eigenvalue weighted by molar-refractivity contribution is -0.673. The molecule has 0 aliphatic rings. The van der Waals surface area contributed by atoms with Crippen molar-refractivity contribution in [2.45, 2.75) is 39.7 Å². The van der Waals surface area contributed by atoms with Gasteiger partial charge in [0.15, 0.2) is 5.78 Å². The quantitative estimate of drug-likeness (QED) is 0.366. The highest BCUT2D eigenvalue weighted by molar-refractivity contribution is 6.04. The van der Waals surface area contributed by atoms with Crippen LogP contribution in [0.2, 0.25) is 0 Å². The number of carbonyl (C=O) groups excluding carboxylic acids is 2. The average molecular weight is 429 g/mol. The Morgan fingerprint density at radius 3 is 2.38 bits per heavy atom. The van der Waals surface area contributed by atoms with Gasteiger partial charge in [-0.15, -0.1) is 0 Å². The van der Waals surface area contributed by atoms with E-state index in [1.54, 1.807) is 6.92 Å². The van der Waals surface area contributed by atoms with Gasteiger partial charge in [-0.3, -0.25) is 9.59 Å². The van der Waals surface area contributed by atoms with Crippen LogP contribution in [0.4, 0.5) is 0 Å². The van der Waals surface area contributed by atoms with Gasteiger partial charge in [0.25, 0.3) is 0 Å². The molecule has 0 bridgehead atoms. The van der Waals surface area contributed by atoms with E-state index in [4.69, 9.17) is 0 Å². The third-order valence-electron chi connectivity index (χ3n) is 6.37. The second-order valence-electron chi connectivity index (χ2n) is 8.56. The van der Waals surface area contributed by atoms with Crippen molar-refractivity contribution in [3.05, 3.63) is 94.4 Å². The van der Waals surface area contributed by atoms with Gasteiger partial charge in [-0.25, -0.2) is 0 Å². The highest BCUT2D eigenvalue weighted by Crippen LogP contribution is 2.30. The predicted octanol–water partition coefficient (Wildman–Crippen LogP) is 4.28. The van der Waals surface area contributed by atoms with Gasteiger partial charge < -0.3 is 15.3 Å². The first-order valence-corrected chi connectivity index (χ1v) is 11.1. The Bertz CT molecular complexity index is 1270. The molecule has 0 amide bonds. The Morgan fingerprint density at radius 2 is 1.69 bits per heavy atom. The zero-order valence-electron chi connectivity index (χ0n) is 19.0. The second kappa shape index (κ2) is 8.97. The number of aromatic nitrogens is 2. The Balaban J connectivity index is 1.60. The van der Waals surface area contributed by atoms with Crippen LogP contribution in [-0.2, 0) is 0 Å². The van der Waals surface area contributed by atoms with E-state index in [2.05, 4.69) is 63.9 Å². The molecule has 32 heavy (non-hydrogen) atoms. The molecule has 0 saturated heterocycles. The Kier molecular flexibility index (Phi) is 6.10. The molecule has 0 saturated carbocycles. The fraction of sp³-hybridized carbons (Fsp3) is 0.259. The lowest BCUT2D eigenvalue weighted by Gasteiger charge is -2.18. The van der Waals surface area contributed by atoms with E-state index in [0.29, 0.717) is 11.3 Å². The van der Waals surface area contributed by atoms with Crippen LogP contribution in [0.1, 0.15) is 63.0 Å². The number of aryl methyl sites for hydroxylation is 1. The number of benzene rings is 2. The highest BCUT2D eigenvalue weighted by atomic mass is 16.1. The van der Waals surface area contributed by atoms with Crippen LogP contribution in [-0.4, -0.2) is 34.1 Å². The lowest BCUT2D eigenvalue weighted by Crippen LogP contribution is -2.92. The normalized spacial score (nSPS) is 13.2. The molecule has 0 radical (unpaired) electrons. The summed E-state index contributed by atoms with van der Waals surface area (Å²) in [4.78, 5) is 31.7. The first kappa shape index (κ1) is 21.8. The number of rotatable bonds is 8. The third kappa shape index (κ3) is 4.04. The number of hydrogen-bond donors (Lipinski definition) is 3. The van der Waals surface area contributed by atoms with Crippen LogP contribution in [0.25, 0.3) is 10.9 Å². The van der Waals surface area contributed by atoms with Crippen molar-refractivity contribution in [1.29, 1.82) is 0 Å². The van der Waals surface area contributed by atoms with Crippen molar-refractivity contribution in [2.75, 3.05) is 6.54 Å². The Hall–Kier alpha value is -3.44. The maximum atomic E-state index is 13.2. The van der Waals surface area contributed by atoms with Crippen LogP contribution < -0.4 is 5.32 Å². The number of nitrogens with two attached hydrogens (primary N) is 1.